The average molecular weight is 340 g/mol. The zero-order chi connectivity index (χ0) is 17.5. The lowest BCUT2D eigenvalue weighted by Crippen LogP contribution is -2.14. The van der Waals surface area contributed by atoms with Crippen LogP contribution in [0.1, 0.15) is 16.8 Å². The van der Waals surface area contributed by atoms with Crippen LogP contribution in [0.3, 0.4) is 0 Å². The lowest BCUT2D eigenvalue weighted by Gasteiger charge is -2.09. The van der Waals surface area contributed by atoms with E-state index < -0.39 is 10.0 Å². The zero-order valence-electron chi connectivity index (χ0n) is 12.8. The number of nitriles is 2. The molecule has 2 N–H and O–H groups in total. The molecule has 0 bridgehead atoms. The van der Waals surface area contributed by atoms with E-state index in [9.17, 15) is 8.42 Å². The van der Waals surface area contributed by atoms with Crippen LogP contribution in [0.2, 0.25) is 0 Å². The van der Waals surface area contributed by atoms with Gasteiger partial charge in [0.15, 0.2) is 5.69 Å². The van der Waals surface area contributed by atoms with Crippen molar-refractivity contribution < 1.29 is 8.42 Å². The Balaban J connectivity index is 2.14. The molecule has 0 atom stereocenters. The van der Waals surface area contributed by atoms with E-state index in [0.29, 0.717) is 22.2 Å². The topological polar surface area (TPSA) is 127 Å². The van der Waals surface area contributed by atoms with Gasteiger partial charge in [-0.2, -0.15) is 15.6 Å². The van der Waals surface area contributed by atoms with Crippen LogP contribution < -0.4 is 4.72 Å². The number of hydrogen-bond donors (Lipinski definition) is 2. The summed E-state index contributed by atoms with van der Waals surface area (Å²) in [6, 6.07) is 7.23. The third kappa shape index (κ3) is 2.28. The number of anilines is 1. The summed E-state index contributed by atoms with van der Waals surface area (Å²) in [5.41, 5.74) is 2.03. The Hall–Kier alpha value is -3.30. The molecule has 9 heteroatoms. The van der Waals surface area contributed by atoms with Gasteiger partial charge >= 0.3 is 0 Å². The summed E-state index contributed by atoms with van der Waals surface area (Å²) in [4.78, 5) is 2.72. The fraction of sp³-hybridized carbons (Fsp3) is 0.133. The van der Waals surface area contributed by atoms with Crippen LogP contribution in [0.4, 0.5) is 5.69 Å². The van der Waals surface area contributed by atoms with Crippen LogP contribution in [0.5, 0.6) is 0 Å². The van der Waals surface area contributed by atoms with Crippen molar-refractivity contribution in [3.63, 3.8) is 0 Å². The molecule has 0 aliphatic rings. The summed E-state index contributed by atoms with van der Waals surface area (Å²) in [6.07, 6.45) is 2.65. The lowest BCUT2D eigenvalue weighted by molar-refractivity contribution is 0.600. The average Bonchev–Trinajstić information content (AvgIpc) is 3.14. The van der Waals surface area contributed by atoms with Crippen LogP contribution in [-0.2, 0) is 17.1 Å². The van der Waals surface area contributed by atoms with Crippen molar-refractivity contribution in [2.75, 3.05) is 4.72 Å². The molecule has 0 spiro atoms. The first-order valence-electron chi connectivity index (χ1n) is 6.84. The van der Waals surface area contributed by atoms with Gasteiger partial charge in [-0.25, -0.2) is 8.42 Å². The second-order valence-electron chi connectivity index (χ2n) is 5.19. The third-order valence-electron chi connectivity index (χ3n) is 3.71. The first-order valence-corrected chi connectivity index (χ1v) is 8.33. The van der Waals surface area contributed by atoms with E-state index in [-0.39, 0.29) is 10.6 Å². The molecule has 1 aromatic carbocycles. The fourth-order valence-electron chi connectivity index (χ4n) is 2.53. The van der Waals surface area contributed by atoms with E-state index in [4.69, 9.17) is 10.5 Å². The summed E-state index contributed by atoms with van der Waals surface area (Å²) < 4.78 is 28.9. The number of hydrogen-bond acceptors (Lipinski definition) is 5. The van der Waals surface area contributed by atoms with Crippen molar-refractivity contribution in [3.8, 4) is 12.1 Å². The minimum absolute atomic E-state index is 0.0601. The molecular weight excluding hydrogens is 328 g/mol. The predicted molar refractivity (Wildman–Crippen MR) is 86.5 cm³/mol. The van der Waals surface area contributed by atoms with Gasteiger partial charge in [-0.15, -0.1) is 0 Å². The summed E-state index contributed by atoms with van der Waals surface area (Å²) in [7, 11) is -2.50. The quantitative estimate of drug-likeness (QED) is 0.751. The molecule has 0 radical (unpaired) electrons. The summed E-state index contributed by atoms with van der Waals surface area (Å²) >= 11 is 0. The molecule has 2 aromatic heterocycles. The number of aromatic amines is 1. The van der Waals surface area contributed by atoms with Crippen LogP contribution >= 0.6 is 0 Å². The van der Waals surface area contributed by atoms with Gasteiger partial charge in [0.1, 0.15) is 17.0 Å². The lowest BCUT2D eigenvalue weighted by atomic mass is 10.1. The van der Waals surface area contributed by atoms with Gasteiger partial charge in [0, 0.05) is 18.6 Å². The highest BCUT2D eigenvalue weighted by atomic mass is 32.2. The van der Waals surface area contributed by atoms with Crippen LogP contribution in [-0.4, -0.2) is 23.2 Å². The number of benzene rings is 1. The first-order chi connectivity index (χ1) is 11.4. The fourth-order valence-corrected chi connectivity index (χ4v) is 3.72. The van der Waals surface area contributed by atoms with Gasteiger partial charge in [0.25, 0.3) is 10.0 Å². The van der Waals surface area contributed by atoms with Crippen molar-refractivity contribution in [2.45, 2.75) is 11.8 Å². The number of nitrogens with zero attached hydrogens (tertiary/aromatic N) is 4. The van der Waals surface area contributed by atoms with Crippen molar-refractivity contribution >= 4 is 26.6 Å². The van der Waals surface area contributed by atoms with Crippen LogP contribution in [0.15, 0.2) is 29.4 Å². The number of H-pyrrole nitrogens is 1. The summed E-state index contributed by atoms with van der Waals surface area (Å²) in [5.74, 6) is 0. The van der Waals surface area contributed by atoms with Gasteiger partial charge in [0.2, 0.25) is 0 Å². The highest BCUT2D eigenvalue weighted by Crippen LogP contribution is 2.30. The highest BCUT2D eigenvalue weighted by molar-refractivity contribution is 7.92. The van der Waals surface area contributed by atoms with Crippen molar-refractivity contribution in [2.24, 2.45) is 7.05 Å². The molecule has 0 fully saturated rings. The Labute approximate surface area is 138 Å². The van der Waals surface area contributed by atoms with E-state index in [1.807, 2.05) is 13.0 Å². The van der Waals surface area contributed by atoms with E-state index >= 15 is 0 Å². The van der Waals surface area contributed by atoms with Gasteiger partial charge in [-0.3, -0.25) is 9.40 Å². The van der Waals surface area contributed by atoms with Crippen LogP contribution in [0.25, 0.3) is 10.9 Å². The molecule has 0 aliphatic carbocycles. The van der Waals surface area contributed by atoms with Crippen LogP contribution in [0, 0.1) is 29.6 Å². The maximum atomic E-state index is 12.6. The zero-order valence-corrected chi connectivity index (χ0v) is 13.6. The molecular formula is C15H12N6O2S. The highest BCUT2D eigenvalue weighted by Gasteiger charge is 2.24. The molecule has 24 heavy (non-hydrogen) atoms. The Morgan fingerprint density at radius 1 is 1.29 bits per heavy atom. The number of nitrogens with one attached hydrogen (secondary N) is 2. The van der Waals surface area contributed by atoms with E-state index in [1.54, 1.807) is 12.1 Å². The van der Waals surface area contributed by atoms with E-state index in [2.05, 4.69) is 20.9 Å². The third-order valence-corrected chi connectivity index (χ3v) is 5.08. The smallest absolute Gasteiger partial charge is 0.266 e. The minimum atomic E-state index is -4.00. The molecule has 3 aromatic rings. The molecule has 0 amide bonds. The molecule has 8 nitrogen and oxygen atoms in total. The second kappa shape index (κ2) is 5.41. The van der Waals surface area contributed by atoms with E-state index in [1.165, 1.54) is 17.9 Å². The maximum Gasteiger partial charge on any atom is 0.266 e. The Bertz CT molecular complexity index is 1140. The second-order valence-corrected chi connectivity index (χ2v) is 6.84. The Morgan fingerprint density at radius 2 is 2.04 bits per heavy atom. The van der Waals surface area contributed by atoms with Gasteiger partial charge in [0.05, 0.1) is 23.0 Å². The Morgan fingerprint density at radius 3 is 2.71 bits per heavy atom. The number of aryl methyl sites for hydroxylation is 2. The summed E-state index contributed by atoms with van der Waals surface area (Å²) in [5, 5.41) is 22.8. The molecule has 0 saturated carbocycles. The van der Waals surface area contributed by atoms with Gasteiger partial charge in [-0.05, 0) is 18.6 Å². The number of rotatable bonds is 3. The number of sulfonamides is 1. The normalized spacial score (nSPS) is 11.2. The van der Waals surface area contributed by atoms with Gasteiger partial charge < -0.3 is 4.98 Å². The molecule has 0 aliphatic heterocycles. The SMILES string of the molecule is Cc1ccc(NS(=O)(=O)c2cnn(C)c2C#N)c2[nH]cc(C#N)c12. The Kier molecular flexibility index (Phi) is 3.51. The number of aromatic nitrogens is 3. The standard InChI is InChI=1S/C15H12N6O2S/c1-9-3-4-11(15-14(9)10(5-16)7-18-15)20-24(22,23)13-8-19-21(2)12(13)6-17/h3-4,7-8,18,20H,1-2H3. The largest absolute Gasteiger partial charge is 0.358 e. The molecule has 2 heterocycles. The minimum Gasteiger partial charge on any atom is -0.358 e. The van der Waals surface area contributed by atoms with E-state index in [0.717, 1.165) is 11.8 Å². The predicted octanol–water partition coefficient (Wildman–Crippen LogP) is 1.75. The first kappa shape index (κ1) is 15.6. The molecule has 0 unspecified atom stereocenters. The molecule has 120 valence electrons. The monoisotopic (exact) mass is 340 g/mol. The maximum absolute atomic E-state index is 12.6. The van der Waals surface area contributed by atoms with Crippen molar-refractivity contribution in [1.82, 2.24) is 14.8 Å². The van der Waals surface area contributed by atoms with Crippen molar-refractivity contribution in [3.05, 3.63) is 41.3 Å². The molecule has 3 rings (SSSR count). The summed E-state index contributed by atoms with van der Waals surface area (Å²) in [6.45, 7) is 1.84. The number of fused-ring (bicyclic) bond motifs is 1. The van der Waals surface area contributed by atoms with Gasteiger partial charge in [-0.1, -0.05) is 6.07 Å². The molecule has 0 saturated heterocycles. The van der Waals surface area contributed by atoms with Crippen molar-refractivity contribution in [1.29, 1.82) is 10.5 Å².